The van der Waals surface area contributed by atoms with E-state index in [9.17, 15) is 31.1 Å². The van der Waals surface area contributed by atoms with Gasteiger partial charge < -0.3 is 15.4 Å². The lowest BCUT2D eigenvalue weighted by molar-refractivity contribution is -0.143. The fraction of sp³-hybridized carbons (Fsp3) is 0.448. The van der Waals surface area contributed by atoms with Gasteiger partial charge in [-0.25, -0.2) is 4.79 Å². The Hall–Kier alpha value is -3.54. The molecule has 3 aliphatic rings. The van der Waals surface area contributed by atoms with Crippen LogP contribution >= 0.6 is 0 Å². The highest BCUT2D eigenvalue weighted by atomic mass is 19.4. The number of pyridine rings is 1. The van der Waals surface area contributed by atoms with Crippen molar-refractivity contribution in [2.45, 2.75) is 50.6 Å². The molecule has 41 heavy (non-hydrogen) atoms. The van der Waals surface area contributed by atoms with E-state index in [4.69, 9.17) is 4.74 Å². The van der Waals surface area contributed by atoms with Gasteiger partial charge in [-0.2, -0.15) is 26.3 Å². The SMILES string of the molecule is CC[C@H]1CN2CC[C@H]1C[C@H]2[C@@H](NC(=O)Nc1cc(C(F)(F)F)cc(C(F)(F)F)c1)c1ccnc2ccc(OC)cc12. The number of carbonyl (C=O) groups excluding carboxylic acids is 1. The molecule has 0 spiro atoms. The largest absolute Gasteiger partial charge is 0.497 e. The van der Waals surface area contributed by atoms with Gasteiger partial charge in [0.25, 0.3) is 0 Å². The molecule has 1 unspecified atom stereocenters. The number of ether oxygens (including phenoxy) is 1. The molecule has 5 atom stereocenters. The number of anilines is 1. The molecular weight excluding hydrogens is 550 g/mol. The first-order valence-corrected chi connectivity index (χ1v) is 13.4. The number of hydrogen-bond acceptors (Lipinski definition) is 4. The molecule has 220 valence electrons. The lowest BCUT2D eigenvalue weighted by atomic mass is 9.72. The van der Waals surface area contributed by atoms with Gasteiger partial charge in [-0.15, -0.1) is 0 Å². The van der Waals surface area contributed by atoms with Crippen molar-refractivity contribution in [3.8, 4) is 5.75 Å². The van der Waals surface area contributed by atoms with E-state index in [2.05, 4.69) is 27.4 Å². The quantitative estimate of drug-likeness (QED) is 0.301. The van der Waals surface area contributed by atoms with Crippen LogP contribution in [0.1, 0.15) is 48.9 Å². The van der Waals surface area contributed by atoms with Gasteiger partial charge in [-0.05, 0) is 79.3 Å². The maximum atomic E-state index is 13.4. The van der Waals surface area contributed by atoms with Crippen molar-refractivity contribution in [1.82, 2.24) is 15.2 Å². The molecule has 0 saturated carbocycles. The fourth-order valence-electron chi connectivity index (χ4n) is 6.25. The van der Waals surface area contributed by atoms with Crippen LogP contribution in [0.5, 0.6) is 5.75 Å². The third-order valence-electron chi connectivity index (χ3n) is 8.29. The summed E-state index contributed by atoms with van der Waals surface area (Å²) < 4.78 is 85.7. The zero-order valence-electron chi connectivity index (χ0n) is 22.4. The van der Waals surface area contributed by atoms with Crippen LogP contribution in [0.25, 0.3) is 10.9 Å². The van der Waals surface area contributed by atoms with E-state index in [1.165, 1.54) is 7.11 Å². The highest BCUT2D eigenvalue weighted by molar-refractivity contribution is 5.91. The minimum absolute atomic E-state index is 0.0264. The molecular formula is C29H30F6N4O2. The third kappa shape index (κ3) is 6.07. The standard InChI is InChI=1S/C29H30F6N4O2/c1-3-16-15-39-9-7-17(16)10-25(39)26(22-6-8-36-24-5-4-21(41-2)14-23(22)24)38-27(40)37-20-12-18(28(30,31)32)11-19(13-20)29(33,34)35/h4-6,8,11-14,16-17,25-26H,3,7,9-10,15H2,1-2H3,(H2,37,38,40)/t16-,17-,25-,26-/m0/s1. The topological polar surface area (TPSA) is 66.5 Å². The van der Waals surface area contributed by atoms with Crippen LogP contribution in [0.4, 0.5) is 36.8 Å². The van der Waals surface area contributed by atoms with Crippen LogP contribution in [-0.4, -0.2) is 42.2 Å². The lowest BCUT2D eigenvalue weighted by Gasteiger charge is -2.52. The molecule has 3 saturated heterocycles. The van der Waals surface area contributed by atoms with Crippen molar-refractivity contribution in [2.24, 2.45) is 11.8 Å². The van der Waals surface area contributed by atoms with Crippen molar-refractivity contribution >= 4 is 22.6 Å². The molecule has 3 aromatic rings. The number of nitrogens with zero attached hydrogens (tertiary/aromatic N) is 2. The number of nitrogens with one attached hydrogen (secondary N) is 2. The summed E-state index contributed by atoms with van der Waals surface area (Å²) in [5, 5.41) is 5.85. The smallest absolute Gasteiger partial charge is 0.416 e. The average molecular weight is 581 g/mol. The Morgan fingerprint density at radius 1 is 1.07 bits per heavy atom. The molecule has 12 heteroatoms. The molecule has 1 aromatic heterocycles. The second kappa shape index (κ2) is 11.0. The first-order chi connectivity index (χ1) is 19.4. The van der Waals surface area contributed by atoms with E-state index in [1.54, 1.807) is 30.5 Å². The predicted octanol–water partition coefficient (Wildman–Crippen LogP) is 7.26. The number of carbonyl (C=O) groups is 1. The van der Waals surface area contributed by atoms with E-state index >= 15 is 0 Å². The lowest BCUT2D eigenvalue weighted by Crippen LogP contribution is -2.58. The molecule has 0 radical (unpaired) electrons. The van der Waals surface area contributed by atoms with Crippen LogP contribution in [0.2, 0.25) is 0 Å². The fourth-order valence-corrected chi connectivity index (χ4v) is 6.25. The minimum atomic E-state index is -5.03. The molecule has 3 fully saturated rings. The number of amides is 2. The molecule has 6 nitrogen and oxygen atoms in total. The van der Waals surface area contributed by atoms with E-state index in [0.717, 1.165) is 43.3 Å². The highest BCUT2D eigenvalue weighted by Gasteiger charge is 2.44. The monoisotopic (exact) mass is 580 g/mol. The Labute approximate surface area is 233 Å². The van der Waals surface area contributed by atoms with E-state index < -0.39 is 41.2 Å². The Morgan fingerprint density at radius 3 is 2.37 bits per heavy atom. The summed E-state index contributed by atoms with van der Waals surface area (Å²) in [6, 6.07) is 6.48. The van der Waals surface area contributed by atoms with Gasteiger partial charge in [-0.3, -0.25) is 9.88 Å². The molecule has 2 amide bonds. The minimum Gasteiger partial charge on any atom is -0.497 e. The first-order valence-electron chi connectivity index (χ1n) is 13.4. The highest BCUT2D eigenvalue weighted by Crippen LogP contribution is 2.43. The van der Waals surface area contributed by atoms with Crippen LogP contribution in [0.15, 0.2) is 48.7 Å². The first kappa shape index (κ1) is 29.0. The van der Waals surface area contributed by atoms with E-state index in [-0.39, 0.29) is 12.1 Å². The number of halogens is 6. The molecule has 4 heterocycles. The Balaban J connectivity index is 1.51. The normalized spacial score (nSPS) is 23.3. The van der Waals surface area contributed by atoms with E-state index in [0.29, 0.717) is 35.2 Å². The summed E-state index contributed by atoms with van der Waals surface area (Å²) in [7, 11) is 1.53. The van der Waals surface area contributed by atoms with Crippen molar-refractivity contribution < 1.29 is 35.9 Å². The Kier molecular flexibility index (Phi) is 7.80. The maximum absolute atomic E-state index is 13.4. The Morgan fingerprint density at radius 2 is 1.78 bits per heavy atom. The molecule has 2 N–H and O–H groups in total. The number of fused-ring (bicyclic) bond motifs is 4. The number of methoxy groups -OCH3 is 1. The number of hydrogen-bond donors (Lipinski definition) is 2. The zero-order chi connectivity index (χ0) is 29.5. The zero-order valence-corrected chi connectivity index (χ0v) is 22.4. The number of piperidine rings is 3. The van der Waals surface area contributed by atoms with Crippen molar-refractivity contribution in [3.63, 3.8) is 0 Å². The van der Waals surface area contributed by atoms with Crippen LogP contribution in [-0.2, 0) is 12.4 Å². The van der Waals surface area contributed by atoms with Crippen molar-refractivity contribution in [3.05, 3.63) is 65.4 Å². The van der Waals surface area contributed by atoms with Gasteiger partial charge in [0, 0.05) is 29.9 Å². The summed E-state index contributed by atoms with van der Waals surface area (Å²) in [6.45, 7) is 3.83. The molecule has 0 aliphatic carbocycles. The summed E-state index contributed by atoms with van der Waals surface area (Å²) in [5.74, 6) is 1.55. The molecule has 6 rings (SSSR count). The maximum Gasteiger partial charge on any atom is 0.416 e. The van der Waals surface area contributed by atoms with Crippen LogP contribution in [0, 0.1) is 11.8 Å². The van der Waals surface area contributed by atoms with Gasteiger partial charge in [0.1, 0.15) is 5.75 Å². The molecule has 3 aliphatic heterocycles. The van der Waals surface area contributed by atoms with Gasteiger partial charge in [0.05, 0.1) is 29.8 Å². The molecule has 2 bridgehead atoms. The number of urea groups is 1. The summed E-state index contributed by atoms with van der Waals surface area (Å²) in [5.41, 5.74) is -2.23. The summed E-state index contributed by atoms with van der Waals surface area (Å²) in [6.07, 6.45) is -5.60. The average Bonchev–Trinajstić information content (AvgIpc) is 2.94. The number of rotatable bonds is 6. The van der Waals surface area contributed by atoms with Gasteiger partial charge in [0.2, 0.25) is 0 Å². The second-order valence-corrected chi connectivity index (χ2v) is 10.7. The van der Waals surface area contributed by atoms with Gasteiger partial charge in [0.15, 0.2) is 0 Å². The van der Waals surface area contributed by atoms with Crippen LogP contribution < -0.4 is 15.4 Å². The Bertz CT molecular complexity index is 1390. The van der Waals surface area contributed by atoms with Crippen molar-refractivity contribution in [2.75, 3.05) is 25.5 Å². The van der Waals surface area contributed by atoms with Gasteiger partial charge >= 0.3 is 18.4 Å². The number of benzene rings is 2. The summed E-state index contributed by atoms with van der Waals surface area (Å²) in [4.78, 5) is 20.0. The second-order valence-electron chi connectivity index (χ2n) is 10.7. The summed E-state index contributed by atoms with van der Waals surface area (Å²) >= 11 is 0. The van der Waals surface area contributed by atoms with Crippen molar-refractivity contribution in [1.29, 1.82) is 0 Å². The third-order valence-corrected chi connectivity index (χ3v) is 8.29. The number of aromatic nitrogens is 1. The molecule has 2 aromatic carbocycles. The van der Waals surface area contributed by atoms with E-state index in [1.807, 2.05) is 0 Å². The predicted molar refractivity (Wildman–Crippen MR) is 142 cm³/mol. The number of alkyl halides is 6. The van der Waals surface area contributed by atoms with Gasteiger partial charge in [-0.1, -0.05) is 13.3 Å². The van der Waals surface area contributed by atoms with Crippen LogP contribution in [0.3, 0.4) is 0 Å².